The second-order valence-electron chi connectivity index (χ2n) is 5.03. The third-order valence-electron chi connectivity index (χ3n) is 3.49. The molecule has 20 heavy (non-hydrogen) atoms. The van der Waals surface area contributed by atoms with Crippen LogP contribution in [0.25, 0.3) is 0 Å². The fourth-order valence-electron chi connectivity index (χ4n) is 2.31. The van der Waals surface area contributed by atoms with E-state index in [2.05, 4.69) is 0 Å². The Hall–Kier alpha value is -1.11. The van der Waals surface area contributed by atoms with Gasteiger partial charge in [-0.3, -0.25) is 4.79 Å². The maximum Gasteiger partial charge on any atom is 0.303 e. The number of hydrogen-bond acceptors (Lipinski definition) is 3. The van der Waals surface area contributed by atoms with Crippen molar-refractivity contribution in [1.29, 1.82) is 0 Å². The minimum Gasteiger partial charge on any atom is -0.481 e. The monoisotopic (exact) mass is 317 g/mol. The molecule has 1 aromatic rings. The molecule has 110 valence electrons. The van der Waals surface area contributed by atoms with Gasteiger partial charge in [0.15, 0.2) is 0 Å². The summed E-state index contributed by atoms with van der Waals surface area (Å²) in [5.74, 6) is -1.02. The SMILES string of the molecule is Cc1ccc(S(=O)(=O)N2CC[C@H](CC(=O)O)C2)cc1Cl. The van der Waals surface area contributed by atoms with Crippen LogP contribution in [0.5, 0.6) is 0 Å². The summed E-state index contributed by atoms with van der Waals surface area (Å²) in [4.78, 5) is 10.8. The standard InChI is InChI=1S/C13H16ClNO4S/c1-9-2-3-11(7-12(9)14)20(18,19)15-5-4-10(8-15)6-13(16)17/h2-3,7,10H,4-6,8H2,1H3,(H,16,17)/t10-/m1/s1. The van der Waals surface area contributed by atoms with Gasteiger partial charge in [0.25, 0.3) is 0 Å². The molecular weight excluding hydrogens is 302 g/mol. The van der Waals surface area contributed by atoms with Crippen molar-refractivity contribution < 1.29 is 18.3 Å². The van der Waals surface area contributed by atoms with E-state index in [0.717, 1.165) is 5.56 Å². The van der Waals surface area contributed by atoms with Crippen LogP contribution >= 0.6 is 11.6 Å². The van der Waals surface area contributed by atoms with Crippen LogP contribution in [0.4, 0.5) is 0 Å². The lowest BCUT2D eigenvalue weighted by atomic mass is 10.1. The number of carbonyl (C=O) groups is 1. The van der Waals surface area contributed by atoms with Crippen LogP contribution in [0.15, 0.2) is 23.1 Å². The van der Waals surface area contributed by atoms with E-state index in [1.807, 2.05) is 0 Å². The molecule has 1 heterocycles. The van der Waals surface area contributed by atoms with Gasteiger partial charge >= 0.3 is 5.97 Å². The molecule has 5 nitrogen and oxygen atoms in total. The number of aliphatic carboxylic acids is 1. The smallest absolute Gasteiger partial charge is 0.303 e. The molecule has 0 aromatic heterocycles. The Bertz CT molecular complexity index is 629. The second kappa shape index (κ2) is 5.71. The second-order valence-corrected chi connectivity index (χ2v) is 7.37. The molecule has 0 amide bonds. The van der Waals surface area contributed by atoms with E-state index >= 15 is 0 Å². The summed E-state index contributed by atoms with van der Waals surface area (Å²) in [6, 6.07) is 4.64. The van der Waals surface area contributed by atoms with E-state index in [-0.39, 0.29) is 23.8 Å². The zero-order valence-corrected chi connectivity index (χ0v) is 12.6. The first kappa shape index (κ1) is 15.3. The van der Waals surface area contributed by atoms with E-state index in [1.54, 1.807) is 13.0 Å². The Balaban J connectivity index is 2.19. The van der Waals surface area contributed by atoms with Crippen LogP contribution in [0.2, 0.25) is 5.02 Å². The first-order chi connectivity index (χ1) is 9.30. The first-order valence-electron chi connectivity index (χ1n) is 6.29. The lowest BCUT2D eigenvalue weighted by Gasteiger charge is -2.16. The minimum atomic E-state index is -3.59. The minimum absolute atomic E-state index is 0.000669. The van der Waals surface area contributed by atoms with Gasteiger partial charge in [-0.25, -0.2) is 8.42 Å². The number of carboxylic acids is 1. The molecule has 2 rings (SSSR count). The molecule has 0 spiro atoms. The summed E-state index contributed by atoms with van der Waals surface area (Å²) in [6.07, 6.45) is 0.575. The highest BCUT2D eigenvalue weighted by Crippen LogP contribution is 2.28. The summed E-state index contributed by atoms with van der Waals surface area (Å²) in [7, 11) is -3.59. The predicted octanol–water partition coefficient (Wildman–Crippen LogP) is 2.13. The number of carboxylic acid groups (broad SMARTS) is 1. The number of benzene rings is 1. The topological polar surface area (TPSA) is 74.7 Å². The lowest BCUT2D eigenvalue weighted by Crippen LogP contribution is -2.29. The summed E-state index contributed by atoms with van der Waals surface area (Å²) in [5, 5.41) is 9.17. The molecule has 0 bridgehead atoms. The Morgan fingerprint density at radius 1 is 1.50 bits per heavy atom. The number of aryl methyl sites for hydroxylation is 1. The van der Waals surface area contributed by atoms with Crippen molar-refractivity contribution in [3.05, 3.63) is 28.8 Å². The molecule has 0 aliphatic carbocycles. The third kappa shape index (κ3) is 3.13. The zero-order chi connectivity index (χ0) is 14.9. The quantitative estimate of drug-likeness (QED) is 0.923. The predicted molar refractivity (Wildman–Crippen MR) is 75.3 cm³/mol. The van der Waals surface area contributed by atoms with Gasteiger partial charge in [-0.2, -0.15) is 4.31 Å². The number of hydrogen-bond donors (Lipinski definition) is 1. The van der Waals surface area contributed by atoms with E-state index in [4.69, 9.17) is 16.7 Å². The number of rotatable bonds is 4. The molecule has 0 saturated carbocycles. The molecule has 1 aliphatic rings. The zero-order valence-electron chi connectivity index (χ0n) is 11.0. The number of sulfonamides is 1. The van der Waals surface area contributed by atoms with Crippen LogP contribution in [-0.2, 0) is 14.8 Å². The van der Waals surface area contributed by atoms with Crippen molar-refractivity contribution in [3.8, 4) is 0 Å². The molecular formula is C13H16ClNO4S. The first-order valence-corrected chi connectivity index (χ1v) is 8.10. The van der Waals surface area contributed by atoms with E-state index in [1.165, 1.54) is 16.4 Å². The van der Waals surface area contributed by atoms with Gasteiger partial charge in [0.05, 0.1) is 4.90 Å². The van der Waals surface area contributed by atoms with Gasteiger partial charge in [-0.05, 0) is 37.0 Å². The molecule has 7 heteroatoms. The fraction of sp³-hybridized carbons (Fsp3) is 0.462. The molecule has 0 radical (unpaired) electrons. The van der Waals surface area contributed by atoms with Crippen molar-refractivity contribution in [2.75, 3.05) is 13.1 Å². The molecule has 1 aromatic carbocycles. The van der Waals surface area contributed by atoms with Crippen LogP contribution in [-0.4, -0.2) is 36.9 Å². The molecule has 1 N–H and O–H groups in total. The van der Waals surface area contributed by atoms with Gasteiger partial charge in [0.1, 0.15) is 0 Å². The summed E-state index contributed by atoms with van der Waals surface area (Å²) < 4.78 is 26.2. The van der Waals surface area contributed by atoms with Gasteiger partial charge in [-0.1, -0.05) is 17.7 Å². The Labute approximate surface area is 123 Å². The van der Waals surface area contributed by atoms with E-state index in [0.29, 0.717) is 18.0 Å². The van der Waals surface area contributed by atoms with Crippen molar-refractivity contribution in [2.24, 2.45) is 5.92 Å². The molecule has 1 aliphatic heterocycles. The van der Waals surface area contributed by atoms with Gasteiger partial charge in [-0.15, -0.1) is 0 Å². The highest BCUT2D eigenvalue weighted by atomic mass is 35.5. The number of halogens is 1. The van der Waals surface area contributed by atoms with Gasteiger partial charge < -0.3 is 5.11 Å². The summed E-state index contributed by atoms with van der Waals surface area (Å²) >= 11 is 5.96. The lowest BCUT2D eigenvalue weighted by molar-refractivity contribution is -0.137. The van der Waals surface area contributed by atoms with Crippen LogP contribution in [0, 0.1) is 12.8 Å². The largest absolute Gasteiger partial charge is 0.481 e. The number of nitrogens with zero attached hydrogens (tertiary/aromatic N) is 1. The van der Waals surface area contributed by atoms with Crippen LogP contribution in [0.1, 0.15) is 18.4 Å². The average molecular weight is 318 g/mol. The van der Waals surface area contributed by atoms with Crippen LogP contribution < -0.4 is 0 Å². The highest BCUT2D eigenvalue weighted by Gasteiger charge is 2.33. The normalized spacial score (nSPS) is 20.2. The van der Waals surface area contributed by atoms with Crippen LogP contribution in [0.3, 0.4) is 0 Å². The Kier molecular flexibility index (Phi) is 4.36. The molecule has 1 saturated heterocycles. The fourth-order valence-corrected chi connectivity index (χ4v) is 4.12. The van der Waals surface area contributed by atoms with E-state index in [9.17, 15) is 13.2 Å². The highest BCUT2D eigenvalue weighted by molar-refractivity contribution is 7.89. The van der Waals surface area contributed by atoms with Crippen molar-refractivity contribution in [2.45, 2.75) is 24.7 Å². The van der Waals surface area contributed by atoms with Crippen molar-refractivity contribution in [1.82, 2.24) is 4.31 Å². The third-order valence-corrected chi connectivity index (χ3v) is 5.76. The Morgan fingerprint density at radius 2 is 2.20 bits per heavy atom. The average Bonchev–Trinajstić information content (AvgIpc) is 2.80. The van der Waals surface area contributed by atoms with Gasteiger partial charge in [0.2, 0.25) is 10.0 Å². The maximum absolute atomic E-state index is 12.4. The summed E-state index contributed by atoms with van der Waals surface area (Å²) in [5.41, 5.74) is 0.816. The molecule has 0 unspecified atom stereocenters. The Morgan fingerprint density at radius 3 is 2.80 bits per heavy atom. The van der Waals surface area contributed by atoms with Crippen molar-refractivity contribution >= 4 is 27.6 Å². The maximum atomic E-state index is 12.4. The summed E-state index contributed by atoms with van der Waals surface area (Å²) in [6.45, 7) is 2.41. The van der Waals surface area contributed by atoms with Gasteiger partial charge in [0, 0.05) is 24.5 Å². The molecule has 1 atom stereocenters. The van der Waals surface area contributed by atoms with E-state index < -0.39 is 16.0 Å². The van der Waals surface area contributed by atoms with Crippen molar-refractivity contribution in [3.63, 3.8) is 0 Å². The molecule has 1 fully saturated rings.